The molecule has 0 bridgehead atoms. The van der Waals surface area contributed by atoms with Crippen LogP contribution in [-0.2, 0) is 0 Å². The monoisotopic (exact) mass is 235 g/mol. The van der Waals surface area contributed by atoms with Gasteiger partial charge in [0.25, 0.3) is 0 Å². The Kier molecular flexibility index (Phi) is 4.38. The van der Waals surface area contributed by atoms with E-state index in [9.17, 15) is 0 Å². The van der Waals surface area contributed by atoms with Gasteiger partial charge in [0.15, 0.2) is 0 Å². The zero-order valence-electron chi connectivity index (χ0n) is 7.44. The summed E-state index contributed by atoms with van der Waals surface area (Å²) >= 11 is 5.61. The van der Waals surface area contributed by atoms with Crippen molar-refractivity contribution in [2.24, 2.45) is 0 Å². The van der Waals surface area contributed by atoms with Crippen LogP contribution in [0.1, 0.15) is 6.42 Å². The minimum atomic E-state index is 0. The molecule has 0 unspecified atom stereocenters. The molecule has 0 saturated carbocycles. The first-order valence-electron chi connectivity index (χ1n) is 4.20. The summed E-state index contributed by atoms with van der Waals surface area (Å²) in [5, 5.41) is 3.43. The molecule has 1 aromatic rings. The number of rotatable bonds is 2. The SMILES string of the molecule is Cl.Clc1nccc(O[C@@H]2CCNC2)n1. The quantitative estimate of drug-likeness (QED) is 0.786. The third kappa shape index (κ3) is 2.97. The molecule has 1 N–H and O–H groups in total. The van der Waals surface area contributed by atoms with Gasteiger partial charge in [0.2, 0.25) is 11.2 Å². The number of hydrogen-bond donors (Lipinski definition) is 1. The van der Waals surface area contributed by atoms with Crippen LogP contribution in [0.4, 0.5) is 0 Å². The summed E-state index contributed by atoms with van der Waals surface area (Å²) in [5.41, 5.74) is 0. The Morgan fingerprint density at radius 3 is 3.07 bits per heavy atom. The molecule has 0 spiro atoms. The maximum Gasteiger partial charge on any atom is 0.225 e. The second-order valence-corrected chi connectivity index (χ2v) is 3.23. The van der Waals surface area contributed by atoms with Gasteiger partial charge < -0.3 is 10.1 Å². The summed E-state index contributed by atoms with van der Waals surface area (Å²) in [6, 6.07) is 1.71. The lowest BCUT2D eigenvalue weighted by Crippen LogP contribution is -2.20. The summed E-state index contributed by atoms with van der Waals surface area (Å²) in [4.78, 5) is 7.71. The first-order valence-corrected chi connectivity index (χ1v) is 4.58. The topological polar surface area (TPSA) is 47.0 Å². The van der Waals surface area contributed by atoms with E-state index in [4.69, 9.17) is 16.3 Å². The molecule has 78 valence electrons. The fourth-order valence-electron chi connectivity index (χ4n) is 1.28. The standard InChI is InChI=1S/C8H10ClN3O.ClH/c9-8-11-4-2-7(12-8)13-6-1-3-10-5-6;/h2,4,6,10H,1,3,5H2;1H/t6-;/m1./s1. The zero-order valence-corrected chi connectivity index (χ0v) is 9.01. The van der Waals surface area contributed by atoms with Crippen molar-refractivity contribution in [2.45, 2.75) is 12.5 Å². The number of ether oxygens (including phenoxy) is 1. The Bertz CT molecular complexity index is 292. The van der Waals surface area contributed by atoms with Crippen molar-refractivity contribution in [3.05, 3.63) is 17.5 Å². The third-order valence-corrected chi connectivity index (χ3v) is 2.09. The van der Waals surface area contributed by atoms with Gasteiger partial charge in [0.05, 0.1) is 0 Å². The van der Waals surface area contributed by atoms with Crippen LogP contribution < -0.4 is 10.1 Å². The number of nitrogens with one attached hydrogen (secondary N) is 1. The van der Waals surface area contributed by atoms with Crippen LogP contribution in [0.5, 0.6) is 5.88 Å². The maximum absolute atomic E-state index is 5.61. The Balaban J connectivity index is 0.000000980. The molecule has 4 nitrogen and oxygen atoms in total. The van der Waals surface area contributed by atoms with E-state index in [1.54, 1.807) is 12.3 Å². The van der Waals surface area contributed by atoms with Gasteiger partial charge in [-0.15, -0.1) is 12.4 Å². The van der Waals surface area contributed by atoms with Gasteiger partial charge >= 0.3 is 0 Å². The number of aromatic nitrogens is 2. The molecule has 2 rings (SSSR count). The molecule has 1 aromatic heterocycles. The average molecular weight is 236 g/mol. The van der Waals surface area contributed by atoms with Gasteiger partial charge in [0.1, 0.15) is 6.10 Å². The zero-order chi connectivity index (χ0) is 9.10. The highest BCUT2D eigenvalue weighted by molar-refractivity contribution is 6.28. The van der Waals surface area contributed by atoms with Gasteiger partial charge in [-0.3, -0.25) is 0 Å². The normalized spacial score (nSPS) is 20.2. The van der Waals surface area contributed by atoms with Crippen LogP contribution in [0.2, 0.25) is 5.28 Å². The molecule has 1 fully saturated rings. The van der Waals surface area contributed by atoms with E-state index < -0.39 is 0 Å². The van der Waals surface area contributed by atoms with Crippen LogP contribution in [0.25, 0.3) is 0 Å². The highest BCUT2D eigenvalue weighted by atomic mass is 35.5. The fraction of sp³-hybridized carbons (Fsp3) is 0.500. The second-order valence-electron chi connectivity index (χ2n) is 2.90. The number of halogens is 2. The Labute approximate surface area is 93.4 Å². The predicted molar refractivity (Wildman–Crippen MR) is 56.2 cm³/mol. The average Bonchev–Trinajstić information content (AvgIpc) is 2.57. The highest BCUT2D eigenvalue weighted by Crippen LogP contribution is 2.12. The first kappa shape index (κ1) is 11.5. The van der Waals surface area contributed by atoms with Crippen molar-refractivity contribution in [2.75, 3.05) is 13.1 Å². The van der Waals surface area contributed by atoms with Gasteiger partial charge in [-0.2, -0.15) is 4.98 Å². The predicted octanol–water partition coefficient (Wildman–Crippen LogP) is 1.29. The molecule has 0 amide bonds. The van der Waals surface area contributed by atoms with Crippen LogP contribution >= 0.6 is 24.0 Å². The molecular formula is C8H11Cl2N3O. The Morgan fingerprint density at radius 1 is 1.57 bits per heavy atom. The van der Waals surface area contributed by atoms with Crippen molar-refractivity contribution in [3.8, 4) is 5.88 Å². The molecule has 0 radical (unpaired) electrons. The minimum Gasteiger partial charge on any atom is -0.473 e. The molecule has 6 heteroatoms. The highest BCUT2D eigenvalue weighted by Gasteiger charge is 2.16. The molecule has 1 aliphatic heterocycles. The second kappa shape index (κ2) is 5.34. The van der Waals surface area contributed by atoms with E-state index in [0.717, 1.165) is 19.5 Å². The molecule has 1 saturated heterocycles. The smallest absolute Gasteiger partial charge is 0.225 e. The van der Waals surface area contributed by atoms with E-state index in [1.807, 2.05) is 0 Å². The van der Waals surface area contributed by atoms with E-state index in [1.165, 1.54) is 0 Å². The van der Waals surface area contributed by atoms with Crippen molar-refractivity contribution in [1.82, 2.24) is 15.3 Å². The lowest BCUT2D eigenvalue weighted by Gasteiger charge is -2.10. The fourth-order valence-corrected chi connectivity index (χ4v) is 1.42. The summed E-state index contributed by atoms with van der Waals surface area (Å²) < 4.78 is 5.56. The van der Waals surface area contributed by atoms with Crippen LogP contribution in [0.15, 0.2) is 12.3 Å². The van der Waals surface area contributed by atoms with E-state index in [0.29, 0.717) is 5.88 Å². The van der Waals surface area contributed by atoms with Gasteiger partial charge in [-0.1, -0.05) is 0 Å². The molecule has 1 atom stereocenters. The Hall–Kier alpha value is -0.580. The van der Waals surface area contributed by atoms with Crippen molar-refractivity contribution in [1.29, 1.82) is 0 Å². The van der Waals surface area contributed by atoms with Crippen LogP contribution in [-0.4, -0.2) is 29.2 Å². The van der Waals surface area contributed by atoms with Crippen molar-refractivity contribution < 1.29 is 4.74 Å². The third-order valence-electron chi connectivity index (χ3n) is 1.90. The lowest BCUT2D eigenvalue weighted by molar-refractivity contribution is 0.213. The van der Waals surface area contributed by atoms with Crippen molar-refractivity contribution >= 4 is 24.0 Å². The molecule has 0 aromatic carbocycles. The van der Waals surface area contributed by atoms with Gasteiger partial charge in [-0.05, 0) is 24.6 Å². The molecule has 2 heterocycles. The molecule has 14 heavy (non-hydrogen) atoms. The maximum atomic E-state index is 5.61. The summed E-state index contributed by atoms with van der Waals surface area (Å²) in [6.45, 7) is 1.88. The van der Waals surface area contributed by atoms with Gasteiger partial charge in [-0.25, -0.2) is 4.98 Å². The Morgan fingerprint density at radius 2 is 2.43 bits per heavy atom. The lowest BCUT2D eigenvalue weighted by atomic mass is 10.3. The van der Waals surface area contributed by atoms with E-state index in [-0.39, 0.29) is 23.8 Å². The van der Waals surface area contributed by atoms with Crippen LogP contribution in [0, 0.1) is 0 Å². The minimum absolute atomic E-state index is 0. The van der Waals surface area contributed by atoms with E-state index in [2.05, 4.69) is 15.3 Å². The summed E-state index contributed by atoms with van der Waals surface area (Å²) in [6.07, 6.45) is 2.82. The summed E-state index contributed by atoms with van der Waals surface area (Å²) in [5.74, 6) is 0.550. The summed E-state index contributed by atoms with van der Waals surface area (Å²) in [7, 11) is 0. The molecular weight excluding hydrogens is 225 g/mol. The molecule has 1 aliphatic rings. The van der Waals surface area contributed by atoms with Gasteiger partial charge in [0, 0.05) is 18.8 Å². The van der Waals surface area contributed by atoms with Crippen molar-refractivity contribution in [3.63, 3.8) is 0 Å². The first-order chi connectivity index (χ1) is 6.34. The van der Waals surface area contributed by atoms with E-state index >= 15 is 0 Å². The number of hydrogen-bond acceptors (Lipinski definition) is 4. The largest absolute Gasteiger partial charge is 0.473 e. The van der Waals surface area contributed by atoms with Crippen LogP contribution in [0.3, 0.4) is 0 Å². The number of nitrogens with zero attached hydrogens (tertiary/aromatic N) is 2. The molecule has 0 aliphatic carbocycles.